The Kier molecular flexibility index (Phi) is 3.76. The third-order valence-electron chi connectivity index (χ3n) is 3.87. The van der Waals surface area contributed by atoms with Gasteiger partial charge in [-0.15, -0.1) is 11.3 Å². The fourth-order valence-electron chi connectivity index (χ4n) is 2.75. The van der Waals surface area contributed by atoms with Crippen LogP contribution in [0.1, 0.15) is 39.8 Å². The molecule has 1 aliphatic carbocycles. The molecule has 0 radical (unpaired) electrons. The van der Waals surface area contributed by atoms with Crippen LogP contribution in [0.5, 0.6) is 5.75 Å². The van der Waals surface area contributed by atoms with Crippen molar-refractivity contribution in [3.05, 3.63) is 51.0 Å². The van der Waals surface area contributed by atoms with E-state index in [9.17, 15) is 4.39 Å². The number of thiophene rings is 1. The lowest BCUT2D eigenvalue weighted by atomic mass is 9.98. The number of ether oxygens (including phenoxy) is 1. The van der Waals surface area contributed by atoms with Crippen LogP contribution in [0.3, 0.4) is 0 Å². The lowest BCUT2D eigenvalue weighted by Gasteiger charge is -2.13. The second kappa shape index (κ2) is 5.54. The molecule has 0 saturated carbocycles. The zero-order valence-electron chi connectivity index (χ0n) is 11.5. The molecule has 1 aromatic heterocycles. The second-order valence-corrected chi connectivity index (χ2v) is 6.31. The van der Waals surface area contributed by atoms with E-state index in [1.54, 1.807) is 29.5 Å². The van der Waals surface area contributed by atoms with Crippen LogP contribution in [0, 0.1) is 5.82 Å². The quantitative estimate of drug-likeness (QED) is 0.933. The van der Waals surface area contributed by atoms with Crippen molar-refractivity contribution in [2.45, 2.75) is 31.7 Å². The molecule has 0 aliphatic heterocycles. The van der Waals surface area contributed by atoms with Crippen molar-refractivity contribution >= 4 is 11.3 Å². The Morgan fingerprint density at radius 1 is 1.30 bits per heavy atom. The average molecular weight is 291 g/mol. The van der Waals surface area contributed by atoms with Crippen molar-refractivity contribution in [3.63, 3.8) is 0 Å². The van der Waals surface area contributed by atoms with Crippen molar-refractivity contribution in [1.29, 1.82) is 0 Å². The van der Waals surface area contributed by atoms with Gasteiger partial charge in [-0.1, -0.05) is 12.1 Å². The lowest BCUT2D eigenvalue weighted by molar-refractivity contribution is 0.383. The number of hydrogen-bond acceptors (Lipinski definition) is 3. The first-order valence-electron chi connectivity index (χ1n) is 6.90. The molecule has 0 bridgehead atoms. The highest BCUT2D eigenvalue weighted by Crippen LogP contribution is 2.36. The fourth-order valence-corrected chi connectivity index (χ4v) is 4.02. The zero-order valence-corrected chi connectivity index (χ0v) is 12.3. The van der Waals surface area contributed by atoms with Gasteiger partial charge >= 0.3 is 0 Å². The van der Waals surface area contributed by atoms with Gasteiger partial charge in [-0.2, -0.15) is 0 Å². The summed E-state index contributed by atoms with van der Waals surface area (Å²) in [4.78, 5) is 2.47. The van der Waals surface area contributed by atoms with Gasteiger partial charge < -0.3 is 10.5 Å². The van der Waals surface area contributed by atoms with Crippen LogP contribution in [0.15, 0.2) is 24.3 Å². The van der Waals surface area contributed by atoms with Crippen molar-refractivity contribution in [3.8, 4) is 5.75 Å². The summed E-state index contributed by atoms with van der Waals surface area (Å²) in [6.07, 6.45) is 4.74. The predicted molar refractivity (Wildman–Crippen MR) is 79.9 cm³/mol. The Labute approximate surface area is 122 Å². The molecule has 0 fully saturated rings. The van der Waals surface area contributed by atoms with Gasteiger partial charge in [-0.25, -0.2) is 4.39 Å². The summed E-state index contributed by atoms with van der Waals surface area (Å²) in [6.45, 7) is 0. The maximum atomic E-state index is 14.3. The van der Waals surface area contributed by atoms with Gasteiger partial charge in [0, 0.05) is 15.3 Å². The van der Waals surface area contributed by atoms with E-state index in [-0.39, 0.29) is 11.6 Å². The van der Waals surface area contributed by atoms with E-state index in [1.807, 2.05) is 0 Å². The molecule has 1 atom stereocenters. The molecule has 0 amide bonds. The largest absolute Gasteiger partial charge is 0.494 e. The predicted octanol–water partition coefficient (Wildman–Crippen LogP) is 3.82. The summed E-state index contributed by atoms with van der Waals surface area (Å²) in [5, 5.41) is 0. The third kappa shape index (κ3) is 2.34. The number of benzene rings is 1. The molecule has 0 spiro atoms. The first kappa shape index (κ1) is 13.6. The molecule has 2 aromatic rings. The molecule has 4 heteroatoms. The van der Waals surface area contributed by atoms with E-state index >= 15 is 0 Å². The summed E-state index contributed by atoms with van der Waals surface area (Å²) in [7, 11) is 1.47. The summed E-state index contributed by atoms with van der Waals surface area (Å²) in [6, 6.07) is 6.88. The van der Waals surface area contributed by atoms with E-state index in [1.165, 1.54) is 30.4 Å². The molecular weight excluding hydrogens is 273 g/mol. The van der Waals surface area contributed by atoms with Gasteiger partial charge in [0.05, 0.1) is 13.2 Å². The van der Waals surface area contributed by atoms with Gasteiger partial charge in [-0.3, -0.25) is 0 Å². The molecule has 1 heterocycles. The zero-order chi connectivity index (χ0) is 14.1. The SMILES string of the molecule is COc1cccc(C(N)c2cc3c(s2)CCCC3)c1F. The Morgan fingerprint density at radius 2 is 2.10 bits per heavy atom. The molecule has 1 unspecified atom stereocenters. The van der Waals surface area contributed by atoms with Crippen LogP contribution in [-0.2, 0) is 12.8 Å². The molecule has 2 nitrogen and oxygen atoms in total. The van der Waals surface area contributed by atoms with Crippen LogP contribution in [0.4, 0.5) is 4.39 Å². The van der Waals surface area contributed by atoms with E-state index in [0.717, 1.165) is 17.7 Å². The molecular formula is C16H18FNOS. The van der Waals surface area contributed by atoms with Crippen LogP contribution in [0.2, 0.25) is 0 Å². The Bertz CT molecular complexity index is 599. The average Bonchev–Trinajstić information content (AvgIpc) is 2.90. The first-order chi connectivity index (χ1) is 9.70. The number of methoxy groups -OCH3 is 1. The van der Waals surface area contributed by atoms with Crippen molar-refractivity contribution in [2.24, 2.45) is 5.73 Å². The monoisotopic (exact) mass is 291 g/mol. The fraction of sp³-hybridized carbons (Fsp3) is 0.375. The molecule has 1 aliphatic rings. The normalized spacial score (nSPS) is 15.8. The van der Waals surface area contributed by atoms with Gasteiger partial charge in [0.1, 0.15) is 0 Å². The van der Waals surface area contributed by atoms with E-state index in [2.05, 4.69) is 6.07 Å². The number of halogens is 1. The summed E-state index contributed by atoms with van der Waals surface area (Å²) in [5.74, 6) is -0.104. The molecule has 1 aromatic carbocycles. The maximum Gasteiger partial charge on any atom is 0.170 e. The minimum atomic E-state index is -0.416. The minimum absolute atomic E-state index is 0.249. The molecule has 2 N–H and O–H groups in total. The van der Waals surface area contributed by atoms with Gasteiger partial charge in [0.25, 0.3) is 0 Å². The lowest BCUT2D eigenvalue weighted by Crippen LogP contribution is -2.12. The highest BCUT2D eigenvalue weighted by molar-refractivity contribution is 7.12. The Balaban J connectivity index is 1.96. The number of hydrogen-bond donors (Lipinski definition) is 1. The number of rotatable bonds is 3. The van der Waals surface area contributed by atoms with Gasteiger partial charge in [0.15, 0.2) is 11.6 Å². The Morgan fingerprint density at radius 3 is 2.85 bits per heavy atom. The van der Waals surface area contributed by atoms with Crippen molar-refractivity contribution < 1.29 is 9.13 Å². The van der Waals surface area contributed by atoms with Crippen molar-refractivity contribution in [1.82, 2.24) is 0 Å². The first-order valence-corrected chi connectivity index (χ1v) is 7.72. The molecule has 0 saturated heterocycles. The third-order valence-corrected chi connectivity index (χ3v) is 5.19. The smallest absolute Gasteiger partial charge is 0.170 e. The molecule has 106 valence electrons. The summed E-state index contributed by atoms with van der Waals surface area (Å²) in [5.41, 5.74) is 8.17. The van der Waals surface area contributed by atoms with E-state index < -0.39 is 6.04 Å². The summed E-state index contributed by atoms with van der Waals surface area (Å²) < 4.78 is 19.3. The van der Waals surface area contributed by atoms with Crippen LogP contribution in [0.25, 0.3) is 0 Å². The summed E-state index contributed by atoms with van der Waals surface area (Å²) >= 11 is 1.73. The standard InChI is InChI=1S/C16H18FNOS/c1-19-12-7-4-6-11(15(12)17)16(18)14-9-10-5-2-3-8-13(10)20-14/h4,6-7,9,16H,2-3,5,8,18H2,1H3. The number of nitrogens with two attached hydrogens (primary N) is 1. The second-order valence-electron chi connectivity index (χ2n) is 5.15. The minimum Gasteiger partial charge on any atom is -0.494 e. The van der Waals surface area contributed by atoms with Crippen molar-refractivity contribution in [2.75, 3.05) is 7.11 Å². The maximum absolute atomic E-state index is 14.3. The topological polar surface area (TPSA) is 35.2 Å². The highest BCUT2D eigenvalue weighted by Gasteiger charge is 2.21. The van der Waals surface area contributed by atoms with Crippen LogP contribution < -0.4 is 10.5 Å². The number of fused-ring (bicyclic) bond motifs is 1. The van der Waals surface area contributed by atoms with E-state index in [4.69, 9.17) is 10.5 Å². The van der Waals surface area contributed by atoms with E-state index in [0.29, 0.717) is 5.56 Å². The highest BCUT2D eigenvalue weighted by atomic mass is 32.1. The molecule has 3 rings (SSSR count). The Hall–Kier alpha value is -1.39. The van der Waals surface area contributed by atoms with Gasteiger partial charge in [-0.05, 0) is 43.4 Å². The van der Waals surface area contributed by atoms with Crippen LogP contribution >= 0.6 is 11.3 Å². The number of aryl methyl sites for hydroxylation is 2. The van der Waals surface area contributed by atoms with Crippen LogP contribution in [-0.4, -0.2) is 7.11 Å². The molecule has 20 heavy (non-hydrogen) atoms. The van der Waals surface area contributed by atoms with Gasteiger partial charge in [0.2, 0.25) is 0 Å².